The first-order valence-electron chi connectivity index (χ1n) is 10.4. The summed E-state index contributed by atoms with van der Waals surface area (Å²) in [4.78, 5) is 14.0. The van der Waals surface area contributed by atoms with Crippen molar-refractivity contribution >= 4 is 18.5 Å². The summed E-state index contributed by atoms with van der Waals surface area (Å²) in [5.41, 5.74) is 4.17. The molecule has 0 saturated carbocycles. The van der Waals surface area contributed by atoms with E-state index in [9.17, 15) is 4.79 Å². The van der Waals surface area contributed by atoms with Crippen LogP contribution in [0.25, 0.3) is 22.5 Å². The summed E-state index contributed by atoms with van der Waals surface area (Å²) in [5, 5.41) is 15.7. The van der Waals surface area contributed by atoms with Crippen LogP contribution in [0, 0.1) is 12.8 Å². The van der Waals surface area contributed by atoms with Gasteiger partial charge in [-0.3, -0.25) is 4.79 Å². The molecule has 0 aliphatic heterocycles. The average Bonchev–Trinajstić information content (AvgIpc) is 3.40. The van der Waals surface area contributed by atoms with Crippen LogP contribution < -0.4 is 5.32 Å². The van der Waals surface area contributed by atoms with Crippen molar-refractivity contribution in [3.05, 3.63) is 72.1 Å². The molecular weight excluding hydrogens is 422 g/mol. The van der Waals surface area contributed by atoms with Gasteiger partial charge in [0.1, 0.15) is 23.2 Å². The summed E-state index contributed by atoms with van der Waals surface area (Å²) >= 11 is 4.32. The maximum Gasteiger partial charge on any atom is 0.245 e. The van der Waals surface area contributed by atoms with Crippen molar-refractivity contribution in [1.82, 2.24) is 25.5 Å². The molecule has 0 aliphatic rings. The number of thiol groups is 1. The second-order valence-electron chi connectivity index (χ2n) is 7.97. The number of benzene rings is 2. The molecule has 0 spiro atoms. The smallest absolute Gasteiger partial charge is 0.245 e. The van der Waals surface area contributed by atoms with Gasteiger partial charge in [0.15, 0.2) is 0 Å². The quantitative estimate of drug-likeness (QED) is 0.401. The maximum absolute atomic E-state index is 13.2. The van der Waals surface area contributed by atoms with Crippen LogP contribution >= 0.6 is 12.6 Å². The summed E-state index contributed by atoms with van der Waals surface area (Å²) in [6.07, 6.45) is 1.80. The van der Waals surface area contributed by atoms with Crippen LogP contribution in [0.15, 0.2) is 70.2 Å². The van der Waals surface area contributed by atoms with E-state index in [2.05, 4.69) is 33.4 Å². The Balaban J connectivity index is 1.52. The highest BCUT2D eigenvalue weighted by atomic mass is 32.1. The Kier molecular flexibility index (Phi) is 6.41. The molecule has 164 valence electrons. The number of aromatic nitrogens is 4. The Hall–Kier alpha value is -3.39. The lowest BCUT2D eigenvalue weighted by molar-refractivity contribution is -0.126. The number of aryl methyl sites for hydroxylation is 1. The molecule has 1 N–H and O–H groups in total. The second-order valence-corrected chi connectivity index (χ2v) is 8.49. The van der Waals surface area contributed by atoms with Crippen LogP contribution in [0.2, 0.25) is 0 Å². The summed E-state index contributed by atoms with van der Waals surface area (Å²) in [6, 6.07) is 16.9. The average molecular weight is 448 g/mol. The van der Waals surface area contributed by atoms with Crippen molar-refractivity contribution in [3.63, 3.8) is 0 Å². The lowest BCUT2D eigenvalue weighted by Crippen LogP contribution is -2.35. The Morgan fingerprint density at radius 1 is 1.09 bits per heavy atom. The molecular formula is C24H25N5O2S. The lowest BCUT2D eigenvalue weighted by atomic mass is 10.0. The van der Waals surface area contributed by atoms with Gasteiger partial charge >= 0.3 is 0 Å². The molecule has 4 aromatic rings. The SMILES string of the molecule is Cc1onc(-c2ccccc2)c1CNC(=O)[C@H](C(C)C)n1cc(-c2ccc(S)cc2)nn1. The summed E-state index contributed by atoms with van der Waals surface area (Å²) in [6.45, 7) is 6.13. The fourth-order valence-electron chi connectivity index (χ4n) is 3.61. The number of rotatable bonds is 7. The molecule has 7 nitrogen and oxygen atoms in total. The van der Waals surface area contributed by atoms with Gasteiger partial charge in [-0.25, -0.2) is 4.68 Å². The molecule has 4 rings (SSSR count). The molecule has 0 radical (unpaired) electrons. The molecule has 2 aromatic carbocycles. The van der Waals surface area contributed by atoms with Gasteiger partial charge in [-0.15, -0.1) is 17.7 Å². The zero-order valence-corrected chi connectivity index (χ0v) is 19.1. The normalized spacial score (nSPS) is 12.2. The van der Waals surface area contributed by atoms with Gasteiger partial charge in [0.05, 0.1) is 6.20 Å². The molecule has 32 heavy (non-hydrogen) atoms. The predicted octanol–water partition coefficient (Wildman–Crippen LogP) is 4.71. The van der Waals surface area contributed by atoms with E-state index in [1.165, 1.54) is 0 Å². The zero-order chi connectivity index (χ0) is 22.7. The molecule has 2 heterocycles. The fourth-order valence-corrected chi connectivity index (χ4v) is 3.76. The number of nitrogens with zero attached hydrogens (tertiary/aromatic N) is 4. The van der Waals surface area contributed by atoms with E-state index in [1.54, 1.807) is 10.9 Å². The Labute approximate surface area is 192 Å². The monoisotopic (exact) mass is 447 g/mol. The molecule has 0 unspecified atom stereocenters. The van der Waals surface area contributed by atoms with Crippen LogP contribution in [0.1, 0.15) is 31.2 Å². The first-order chi connectivity index (χ1) is 15.4. The molecule has 0 aliphatic carbocycles. The van der Waals surface area contributed by atoms with E-state index in [4.69, 9.17) is 4.52 Å². The molecule has 1 atom stereocenters. The number of hydrogen-bond donors (Lipinski definition) is 2. The van der Waals surface area contributed by atoms with Crippen LogP contribution in [-0.4, -0.2) is 26.1 Å². The van der Waals surface area contributed by atoms with E-state index in [0.29, 0.717) is 18.0 Å². The summed E-state index contributed by atoms with van der Waals surface area (Å²) in [7, 11) is 0. The van der Waals surface area contributed by atoms with Crippen LogP contribution in [-0.2, 0) is 11.3 Å². The van der Waals surface area contributed by atoms with E-state index in [0.717, 1.165) is 27.3 Å². The minimum Gasteiger partial charge on any atom is -0.361 e. The van der Waals surface area contributed by atoms with Crippen molar-refractivity contribution in [2.75, 3.05) is 0 Å². The highest BCUT2D eigenvalue weighted by Crippen LogP contribution is 2.26. The van der Waals surface area contributed by atoms with Crippen molar-refractivity contribution < 1.29 is 9.32 Å². The van der Waals surface area contributed by atoms with Crippen molar-refractivity contribution in [2.45, 2.75) is 38.3 Å². The van der Waals surface area contributed by atoms with Crippen LogP contribution in [0.4, 0.5) is 0 Å². The van der Waals surface area contributed by atoms with Crippen LogP contribution in [0.5, 0.6) is 0 Å². The molecule has 2 aromatic heterocycles. The largest absolute Gasteiger partial charge is 0.361 e. The number of carbonyl (C=O) groups excluding carboxylic acids is 1. The summed E-state index contributed by atoms with van der Waals surface area (Å²) in [5.74, 6) is 0.559. The predicted molar refractivity (Wildman–Crippen MR) is 125 cm³/mol. The molecule has 0 bridgehead atoms. The van der Waals surface area contributed by atoms with Gasteiger partial charge < -0.3 is 9.84 Å². The van der Waals surface area contributed by atoms with E-state index >= 15 is 0 Å². The third-order valence-electron chi connectivity index (χ3n) is 5.33. The first-order valence-corrected chi connectivity index (χ1v) is 10.9. The van der Waals surface area contributed by atoms with Crippen molar-refractivity contribution in [3.8, 4) is 22.5 Å². The van der Waals surface area contributed by atoms with Gasteiger partial charge in [0, 0.05) is 28.1 Å². The third-order valence-corrected chi connectivity index (χ3v) is 5.63. The highest BCUT2D eigenvalue weighted by molar-refractivity contribution is 7.80. The standard InChI is InChI=1S/C24H25N5O2S/c1-15(2)23(29-14-21(26-28-29)17-9-11-19(32)12-10-17)24(30)25-13-20-16(3)31-27-22(20)18-7-5-4-6-8-18/h4-12,14-15,23,32H,13H2,1-3H3,(H,25,30)/t23-/m0/s1. The van der Waals surface area contributed by atoms with Gasteiger partial charge in [0.2, 0.25) is 5.91 Å². The number of carbonyl (C=O) groups is 1. The van der Waals surface area contributed by atoms with Gasteiger partial charge in [-0.1, -0.05) is 66.7 Å². The van der Waals surface area contributed by atoms with Gasteiger partial charge in [-0.2, -0.15) is 0 Å². The van der Waals surface area contributed by atoms with Gasteiger partial charge in [0.25, 0.3) is 0 Å². The first kappa shape index (κ1) is 21.8. The topological polar surface area (TPSA) is 85.8 Å². The molecule has 8 heteroatoms. The van der Waals surface area contributed by atoms with Crippen LogP contribution in [0.3, 0.4) is 0 Å². The zero-order valence-electron chi connectivity index (χ0n) is 18.2. The molecule has 0 saturated heterocycles. The number of hydrogen-bond acceptors (Lipinski definition) is 6. The second kappa shape index (κ2) is 9.40. The van der Waals surface area contributed by atoms with E-state index < -0.39 is 6.04 Å². The van der Waals surface area contributed by atoms with Gasteiger partial charge in [-0.05, 0) is 25.0 Å². The van der Waals surface area contributed by atoms with E-state index in [-0.39, 0.29) is 11.8 Å². The minimum atomic E-state index is -0.499. The number of nitrogens with one attached hydrogen (secondary N) is 1. The number of amides is 1. The Morgan fingerprint density at radius 3 is 2.50 bits per heavy atom. The highest BCUT2D eigenvalue weighted by Gasteiger charge is 2.26. The third kappa shape index (κ3) is 4.60. The minimum absolute atomic E-state index is 0.0153. The van der Waals surface area contributed by atoms with Crippen molar-refractivity contribution in [2.24, 2.45) is 5.92 Å². The lowest BCUT2D eigenvalue weighted by Gasteiger charge is -2.20. The maximum atomic E-state index is 13.2. The molecule has 0 fully saturated rings. The van der Waals surface area contributed by atoms with E-state index in [1.807, 2.05) is 75.4 Å². The molecule has 1 amide bonds. The summed E-state index contributed by atoms with van der Waals surface area (Å²) < 4.78 is 7.03. The Morgan fingerprint density at radius 2 is 1.81 bits per heavy atom. The van der Waals surface area contributed by atoms with Crippen molar-refractivity contribution in [1.29, 1.82) is 0 Å². The fraction of sp³-hybridized carbons (Fsp3) is 0.250. The Bertz CT molecular complexity index is 1200.